The van der Waals surface area contributed by atoms with Crippen molar-refractivity contribution in [2.24, 2.45) is 5.18 Å². The highest BCUT2D eigenvalue weighted by atomic mass is 16.4. The van der Waals surface area contributed by atoms with Crippen molar-refractivity contribution >= 4 is 17.4 Å². The molecule has 1 aliphatic rings. The monoisotopic (exact) mass is 319 g/mol. The summed E-state index contributed by atoms with van der Waals surface area (Å²) < 4.78 is 5.25. The molecule has 0 bridgehead atoms. The van der Waals surface area contributed by atoms with Crippen molar-refractivity contribution in [2.75, 3.05) is 0 Å². The summed E-state index contributed by atoms with van der Waals surface area (Å²) in [6, 6.07) is 0.991. The molecular formula is C18H25NO4. The van der Waals surface area contributed by atoms with E-state index in [1.807, 2.05) is 13.8 Å². The number of hydrogen-bond acceptors (Lipinski definition) is 5. The average Bonchev–Trinajstić information content (AvgIpc) is 2.64. The molecule has 0 amide bonds. The normalized spacial score (nSPS) is 16.8. The van der Waals surface area contributed by atoms with Gasteiger partial charge in [0.2, 0.25) is 0 Å². The first-order valence-electron chi connectivity index (χ1n) is 8.15. The maximum absolute atomic E-state index is 11.7. The number of nitrogens with zero attached hydrogens (tertiary/aromatic N) is 1. The minimum Gasteiger partial charge on any atom is -0.422 e. The lowest BCUT2D eigenvalue weighted by Crippen LogP contribution is -2.35. The number of fused-ring (bicyclic) bond motifs is 1. The molecular weight excluding hydrogens is 294 g/mol. The lowest BCUT2D eigenvalue weighted by molar-refractivity contribution is -0.103. The SMILES string of the molecule is CCC.CCCc1cc(=O)oc2c1=C(C)CC(N=O)CC=2C=O. The van der Waals surface area contributed by atoms with E-state index in [4.69, 9.17) is 4.42 Å². The lowest BCUT2D eigenvalue weighted by Gasteiger charge is -2.05. The molecule has 126 valence electrons. The molecule has 5 nitrogen and oxygen atoms in total. The molecule has 5 heteroatoms. The molecule has 0 radical (unpaired) electrons. The van der Waals surface area contributed by atoms with Gasteiger partial charge in [0.05, 0.1) is 6.04 Å². The first-order chi connectivity index (χ1) is 11.0. The number of carbonyl (C=O) groups is 1. The van der Waals surface area contributed by atoms with Crippen molar-refractivity contribution in [3.63, 3.8) is 0 Å². The van der Waals surface area contributed by atoms with Gasteiger partial charge in [-0.15, -0.1) is 0 Å². The van der Waals surface area contributed by atoms with E-state index in [1.54, 1.807) is 0 Å². The van der Waals surface area contributed by atoms with Crippen LogP contribution in [-0.2, 0) is 11.2 Å². The van der Waals surface area contributed by atoms with Crippen LogP contribution < -0.4 is 16.3 Å². The molecule has 0 spiro atoms. The van der Waals surface area contributed by atoms with Crippen LogP contribution in [0, 0.1) is 4.91 Å². The Morgan fingerprint density at radius 1 is 1.30 bits per heavy atom. The molecule has 0 aromatic carbocycles. The summed E-state index contributed by atoms with van der Waals surface area (Å²) in [6.45, 7) is 8.16. The highest BCUT2D eigenvalue weighted by Crippen LogP contribution is 2.17. The summed E-state index contributed by atoms with van der Waals surface area (Å²) in [4.78, 5) is 33.8. The zero-order chi connectivity index (χ0) is 17.4. The molecule has 23 heavy (non-hydrogen) atoms. The highest BCUT2D eigenvalue weighted by molar-refractivity contribution is 5.98. The van der Waals surface area contributed by atoms with Crippen LogP contribution in [0.2, 0.25) is 0 Å². The predicted molar refractivity (Wildman–Crippen MR) is 91.6 cm³/mol. The maximum atomic E-state index is 11.7. The third kappa shape index (κ3) is 4.71. The fourth-order valence-electron chi connectivity index (χ4n) is 2.75. The Bertz CT molecular complexity index is 730. The van der Waals surface area contributed by atoms with Gasteiger partial charge in [-0.25, -0.2) is 4.79 Å². The molecule has 1 aliphatic carbocycles. The van der Waals surface area contributed by atoms with E-state index in [2.05, 4.69) is 19.0 Å². The van der Waals surface area contributed by atoms with Crippen LogP contribution >= 0.6 is 0 Å². The van der Waals surface area contributed by atoms with Crippen LogP contribution in [0.5, 0.6) is 0 Å². The van der Waals surface area contributed by atoms with Gasteiger partial charge in [0.25, 0.3) is 0 Å². The minimum absolute atomic E-state index is 0.218. The maximum Gasteiger partial charge on any atom is 0.336 e. The van der Waals surface area contributed by atoms with Gasteiger partial charge in [0.1, 0.15) is 11.7 Å². The Hall–Kier alpha value is -2.04. The van der Waals surface area contributed by atoms with Crippen molar-refractivity contribution in [3.8, 4) is 0 Å². The van der Waals surface area contributed by atoms with Crippen molar-refractivity contribution in [3.05, 3.63) is 37.6 Å². The largest absolute Gasteiger partial charge is 0.422 e. The Labute approximate surface area is 136 Å². The van der Waals surface area contributed by atoms with Crippen molar-refractivity contribution < 1.29 is 9.21 Å². The summed E-state index contributed by atoms with van der Waals surface area (Å²) in [6.07, 6.45) is 4.23. The number of carbonyl (C=O) groups excluding carboxylic acids is 1. The van der Waals surface area contributed by atoms with Gasteiger partial charge in [-0.3, -0.25) is 4.79 Å². The molecule has 0 N–H and O–H groups in total. The van der Waals surface area contributed by atoms with E-state index in [9.17, 15) is 14.5 Å². The molecule has 0 saturated heterocycles. The van der Waals surface area contributed by atoms with Crippen LogP contribution in [0.4, 0.5) is 0 Å². The highest BCUT2D eigenvalue weighted by Gasteiger charge is 2.20. The van der Waals surface area contributed by atoms with E-state index in [-0.39, 0.29) is 6.42 Å². The van der Waals surface area contributed by atoms with Gasteiger partial charge in [-0.05, 0) is 25.3 Å². The molecule has 0 aliphatic heterocycles. The first kappa shape index (κ1) is 19.0. The second kappa shape index (κ2) is 9.18. The van der Waals surface area contributed by atoms with Gasteiger partial charge in [0.15, 0.2) is 0 Å². The Kier molecular flexibility index (Phi) is 7.59. The molecule has 1 atom stereocenters. The van der Waals surface area contributed by atoms with Crippen LogP contribution in [0.1, 0.15) is 58.9 Å². The Morgan fingerprint density at radius 3 is 2.48 bits per heavy atom. The fourth-order valence-corrected chi connectivity index (χ4v) is 2.75. The standard InChI is InChI=1S/C15H17NO4.C3H8/c1-3-4-10-7-13(18)20-15-11(8-17)6-12(16-19)5-9(2)14(10)15;1-3-2/h7-8,12H,3-6H2,1-2H3;3H2,1-2H3. The minimum atomic E-state index is -0.484. The third-order valence-corrected chi connectivity index (χ3v) is 3.57. The van der Waals surface area contributed by atoms with Crippen molar-refractivity contribution in [2.45, 2.75) is 65.8 Å². The molecule has 1 heterocycles. The zero-order valence-electron chi connectivity index (χ0n) is 14.3. The van der Waals surface area contributed by atoms with E-state index in [1.165, 1.54) is 12.5 Å². The number of aldehydes is 1. The molecule has 2 rings (SSSR count). The molecule has 1 aromatic rings. The molecule has 0 saturated carbocycles. The summed E-state index contributed by atoms with van der Waals surface area (Å²) in [5, 5.41) is 3.87. The van der Waals surface area contributed by atoms with Gasteiger partial charge in [-0.2, -0.15) is 4.91 Å². The second-order valence-corrected chi connectivity index (χ2v) is 5.84. The van der Waals surface area contributed by atoms with Gasteiger partial charge < -0.3 is 4.42 Å². The number of aryl methyl sites for hydroxylation is 1. The summed E-state index contributed by atoms with van der Waals surface area (Å²) in [5.41, 5.74) is 2.02. The molecule has 0 fully saturated rings. The van der Waals surface area contributed by atoms with Crippen LogP contribution in [-0.4, -0.2) is 12.3 Å². The van der Waals surface area contributed by atoms with E-state index in [0.29, 0.717) is 23.7 Å². The first-order valence-corrected chi connectivity index (χ1v) is 8.15. The number of rotatable bonds is 4. The predicted octanol–water partition coefficient (Wildman–Crippen LogP) is 2.46. The summed E-state index contributed by atoms with van der Waals surface area (Å²) in [7, 11) is 0. The van der Waals surface area contributed by atoms with Crippen LogP contribution in [0.25, 0.3) is 11.1 Å². The Balaban J connectivity index is 0.000000816. The summed E-state index contributed by atoms with van der Waals surface area (Å²) in [5.74, 6) is 0. The number of hydrogen-bond donors (Lipinski definition) is 0. The fraction of sp³-hybridized carbons (Fsp3) is 0.556. The van der Waals surface area contributed by atoms with Crippen molar-refractivity contribution in [1.82, 2.24) is 0 Å². The van der Waals surface area contributed by atoms with E-state index in [0.717, 1.165) is 29.2 Å². The van der Waals surface area contributed by atoms with E-state index < -0.39 is 11.7 Å². The third-order valence-electron chi connectivity index (χ3n) is 3.57. The van der Waals surface area contributed by atoms with Crippen LogP contribution in [0.15, 0.2) is 20.5 Å². The van der Waals surface area contributed by atoms with Gasteiger partial charge >= 0.3 is 5.63 Å². The lowest BCUT2D eigenvalue weighted by atomic mass is 10.0. The topological polar surface area (TPSA) is 76.7 Å². The smallest absolute Gasteiger partial charge is 0.336 e. The van der Waals surface area contributed by atoms with Crippen molar-refractivity contribution in [1.29, 1.82) is 0 Å². The van der Waals surface area contributed by atoms with E-state index >= 15 is 0 Å². The second-order valence-electron chi connectivity index (χ2n) is 5.84. The summed E-state index contributed by atoms with van der Waals surface area (Å²) >= 11 is 0. The molecule has 1 unspecified atom stereocenters. The Morgan fingerprint density at radius 2 is 1.96 bits per heavy atom. The van der Waals surface area contributed by atoms with Gasteiger partial charge in [-0.1, -0.05) is 44.4 Å². The number of nitroso groups, excluding NO2 is 1. The van der Waals surface area contributed by atoms with Crippen LogP contribution in [0.3, 0.4) is 0 Å². The zero-order valence-corrected chi connectivity index (χ0v) is 14.3. The average molecular weight is 319 g/mol. The quantitative estimate of drug-likeness (QED) is 0.631. The molecule has 1 aromatic heterocycles. The van der Waals surface area contributed by atoms with Gasteiger partial charge in [0, 0.05) is 23.3 Å².